The van der Waals surface area contributed by atoms with Gasteiger partial charge in [0.2, 0.25) is 5.83 Å². The highest BCUT2D eigenvalue weighted by molar-refractivity contribution is 5.29. The van der Waals surface area contributed by atoms with E-state index in [1.807, 2.05) is 0 Å². The fraction of sp³-hybridized carbons (Fsp3) is 0.909. The third kappa shape index (κ3) is 13.7. The fourth-order valence-corrected chi connectivity index (χ4v) is 7.95. The van der Waals surface area contributed by atoms with Crippen molar-refractivity contribution in [1.82, 2.24) is 0 Å². The van der Waals surface area contributed by atoms with Crippen LogP contribution in [-0.4, -0.2) is 237 Å². The van der Waals surface area contributed by atoms with E-state index in [2.05, 4.69) is 0 Å². The summed E-state index contributed by atoms with van der Waals surface area (Å²) in [6, 6.07) is -4.94. The maximum Gasteiger partial charge on any atom is 0.472 e. The van der Waals surface area contributed by atoms with E-state index < -0.39 is 261 Å². The molecule has 0 radical (unpaired) electrons. The maximum atomic E-state index is 14.5. The molecule has 0 spiro atoms. The van der Waals surface area contributed by atoms with Gasteiger partial charge in [0.25, 0.3) is 0 Å². The summed E-state index contributed by atoms with van der Waals surface area (Å²) >= 11 is 0. The Labute approximate surface area is 644 Å². The van der Waals surface area contributed by atoms with E-state index in [0.717, 1.165) is 4.74 Å². The lowest BCUT2D eigenvalue weighted by Gasteiger charge is -2.48. The van der Waals surface area contributed by atoms with Gasteiger partial charge in [-0.3, -0.25) is 0 Å². The molecule has 0 aromatic heterocycles. The van der Waals surface area contributed by atoms with Crippen molar-refractivity contribution in [2.24, 2.45) is 0 Å². The second kappa shape index (κ2) is 30.4. The van der Waals surface area contributed by atoms with Crippen molar-refractivity contribution in [2.45, 2.75) is 237 Å². The lowest BCUT2D eigenvalue weighted by Crippen LogP contribution is -2.82. The quantitative estimate of drug-likeness (QED) is 0.0437. The zero-order valence-electron chi connectivity index (χ0n) is 54.9. The highest BCUT2D eigenvalue weighted by Crippen LogP contribution is 2.77. The molecular weight excluding hydrogens is 2180 g/mol. The summed E-state index contributed by atoms with van der Waals surface area (Å²) in [6.07, 6.45) is -18.9. The highest BCUT2D eigenvalue weighted by Gasteiger charge is 3.09. The van der Waals surface area contributed by atoms with Gasteiger partial charge in [0, 0.05) is 0 Å². The number of alkyl halides is 80. The summed E-state index contributed by atoms with van der Waals surface area (Å²) in [4.78, 5) is 0. The van der Waals surface area contributed by atoms with Crippen molar-refractivity contribution in [3.8, 4) is 0 Å². The first-order valence-electron chi connectivity index (χ1n) is 27.2. The van der Waals surface area contributed by atoms with E-state index in [4.69, 9.17) is 0 Å². The van der Waals surface area contributed by atoms with Crippen LogP contribution in [0.15, 0.2) is 24.0 Å². The molecule has 0 amide bonds. The Morgan fingerprint density at radius 2 is 0.176 bits per heavy atom. The van der Waals surface area contributed by atoms with Crippen LogP contribution in [0.25, 0.3) is 0 Å². The molecular formula is C44F86O. The molecule has 0 aromatic carbocycles. The molecule has 784 valence electrons. The largest absolute Gasteiger partial charge is 0.472 e. The van der Waals surface area contributed by atoms with Crippen LogP contribution in [0, 0.1) is 0 Å². The van der Waals surface area contributed by atoms with E-state index in [-0.39, 0.29) is 0 Å². The molecule has 0 saturated heterocycles. The monoisotopic (exact) mass is 2180 g/mol. The molecule has 0 heterocycles. The van der Waals surface area contributed by atoms with Crippen molar-refractivity contribution in [3.05, 3.63) is 24.0 Å². The van der Waals surface area contributed by atoms with Gasteiger partial charge in [-0.25, -0.2) is 0 Å². The van der Waals surface area contributed by atoms with Crippen LogP contribution in [0.5, 0.6) is 0 Å². The predicted octanol–water partition coefficient (Wildman–Crippen LogP) is 28.5. The topological polar surface area (TPSA) is 9.23 Å². The maximum absolute atomic E-state index is 14.5. The van der Waals surface area contributed by atoms with Gasteiger partial charge in [-0.1, -0.05) is 0 Å². The Balaban J connectivity index is 8.66. The average Bonchev–Trinajstić information content (AvgIpc) is 0.671. The second-order valence-electron chi connectivity index (χ2n) is 24.1. The van der Waals surface area contributed by atoms with Crippen LogP contribution < -0.4 is 0 Å². The summed E-state index contributed by atoms with van der Waals surface area (Å²) in [7, 11) is 0. The molecule has 0 rings (SSSR count). The number of allylic oxidation sites excluding steroid dienone is 1. The summed E-state index contributed by atoms with van der Waals surface area (Å²) in [6.45, 7) is 0. The van der Waals surface area contributed by atoms with Gasteiger partial charge >= 0.3 is 255 Å². The normalized spacial score (nSPS) is 17.2. The summed E-state index contributed by atoms with van der Waals surface area (Å²) in [5.41, 5.74) is 0. The first-order valence-corrected chi connectivity index (χ1v) is 27.2. The Bertz CT molecular complexity index is 4030. The minimum atomic E-state index is -11.6. The van der Waals surface area contributed by atoms with Crippen LogP contribution in [0.1, 0.15) is 0 Å². The molecule has 0 atom stereocenters. The first-order chi connectivity index (χ1) is 54.9. The van der Waals surface area contributed by atoms with Crippen molar-refractivity contribution in [3.63, 3.8) is 0 Å². The molecule has 0 N–H and O–H groups in total. The molecule has 87 heteroatoms. The summed E-state index contributed by atoms with van der Waals surface area (Å²) < 4.78 is 1210. The van der Waals surface area contributed by atoms with E-state index >= 15 is 0 Å². The van der Waals surface area contributed by atoms with Crippen molar-refractivity contribution < 1.29 is 382 Å². The van der Waals surface area contributed by atoms with E-state index in [1.165, 1.54) is 0 Å². The number of hydrogen-bond acceptors (Lipinski definition) is 1. The molecule has 0 unspecified atom stereocenters. The lowest BCUT2D eigenvalue weighted by molar-refractivity contribution is -0.503. The Kier molecular flexibility index (Phi) is 28.8. The molecule has 0 saturated carbocycles. The predicted molar refractivity (Wildman–Crippen MR) is 220 cm³/mol. The Hall–Kier alpha value is -6.74. The molecule has 0 fully saturated rings. The second-order valence-corrected chi connectivity index (χ2v) is 24.1. The third-order valence-corrected chi connectivity index (χ3v) is 16.2. The van der Waals surface area contributed by atoms with Gasteiger partial charge in [0.05, 0.1) is 0 Å². The van der Waals surface area contributed by atoms with Gasteiger partial charge in [-0.15, -0.1) is 0 Å². The molecule has 1 nitrogen and oxygen atoms in total. The van der Waals surface area contributed by atoms with Crippen molar-refractivity contribution >= 4 is 0 Å². The molecule has 0 aromatic rings. The van der Waals surface area contributed by atoms with Gasteiger partial charge in [0.15, 0.2) is 0 Å². The van der Waals surface area contributed by atoms with Gasteiger partial charge in [-0.2, -0.15) is 378 Å². The molecule has 0 bridgehead atoms. The van der Waals surface area contributed by atoms with E-state index in [9.17, 15) is 378 Å². The lowest BCUT2D eigenvalue weighted by atomic mass is 9.80. The van der Waals surface area contributed by atoms with Crippen LogP contribution in [0.4, 0.5) is 378 Å². The Morgan fingerprint density at radius 3 is 0.252 bits per heavy atom. The zero-order chi connectivity index (χ0) is 109. The zero-order valence-corrected chi connectivity index (χ0v) is 54.9. The van der Waals surface area contributed by atoms with Crippen LogP contribution in [0.2, 0.25) is 0 Å². The summed E-state index contributed by atoms with van der Waals surface area (Å²) in [5, 5.41) is 0. The Morgan fingerprint density at radius 1 is 0.0992 bits per heavy atom. The summed E-state index contributed by atoms with van der Waals surface area (Å²) in [5.74, 6) is -439. The van der Waals surface area contributed by atoms with Gasteiger partial charge < -0.3 is 4.74 Å². The van der Waals surface area contributed by atoms with Crippen molar-refractivity contribution in [1.29, 1.82) is 0 Å². The van der Waals surface area contributed by atoms with E-state index in [1.54, 1.807) is 0 Å². The minimum Gasteiger partial charge on any atom is -0.397 e. The average molecular weight is 2180 g/mol. The minimum absolute atomic E-state index is 1.15. The molecule has 0 aliphatic carbocycles. The third-order valence-electron chi connectivity index (χ3n) is 16.2. The first kappa shape index (κ1) is 124. The van der Waals surface area contributed by atoms with E-state index in [0.29, 0.717) is 0 Å². The SMILES string of the molecule is FC(F)=C(F)OC(F)(F)C(F)(F)C(F)(F)C(F)(F)C(F)(F)C(F)(F)C(F)(F)C(F)(F)C(F)(F)C(F)(F)C(F)(F)C(F)(F)C(F)(F)C(F)(F)C(F)(F)C(F)(F)C(F)(F)C(F)(F)C(F)(F)C(F)(F)C(F)(F)C(F)(F)C(F)(F)C(F)(F)C(F)(F)C(F)(F)C(F)(F)C(F)(F)C(F)(F)C(F)(F)C(F)(F)C(F)(F)C(F)(F)C(F)(F)C(F)(F)C(F)(F)C(F)(F)C(F)(F)C(F)(F)C(F)(F)C(F)=C(F)F. The fourth-order valence-electron chi connectivity index (χ4n) is 7.95. The molecule has 131 heavy (non-hydrogen) atoms. The molecule has 0 aliphatic heterocycles. The number of halogens is 86. The highest BCUT2D eigenvalue weighted by atomic mass is 19.5. The van der Waals surface area contributed by atoms with Gasteiger partial charge in [-0.05, 0) is 0 Å². The van der Waals surface area contributed by atoms with Crippen LogP contribution >= 0.6 is 0 Å². The smallest absolute Gasteiger partial charge is 0.397 e. The number of rotatable bonds is 42. The number of hydrogen-bond donors (Lipinski definition) is 0. The van der Waals surface area contributed by atoms with Crippen LogP contribution in [-0.2, 0) is 4.74 Å². The molecule has 0 aliphatic rings. The standard InChI is InChI=1S/C44F86O/c45-1(2(46)47)5(51,52)6(53,54)7(55,56)8(57,58)9(59,60)10(61,62)11(63,64)12(65,66)13(67,68)14(69,70)15(71,72)16(73,74)17(75,76)18(77,78)19(79,80)20(81,82)21(83,84)22(85,86)23(87,88)24(89,90)25(91,92)26(93,94)27(95,96)28(97,98)29(99,100)30(101,102)31(103,104)32(105,106)33(107,108)34(109,110)35(111,112)36(113,114)37(115,116)38(117,118)39(119,120)40(121,122)41(123,124)42(125,126)43(127,128)44(129,130)131-4(50)3(48)49. The van der Waals surface area contributed by atoms with Crippen LogP contribution in [0.3, 0.4) is 0 Å². The van der Waals surface area contributed by atoms with Crippen molar-refractivity contribution in [2.75, 3.05) is 0 Å². The number of ether oxygens (including phenoxy) is 1. The van der Waals surface area contributed by atoms with Gasteiger partial charge in [0.1, 0.15) is 0 Å².